The van der Waals surface area contributed by atoms with Gasteiger partial charge < -0.3 is 10.2 Å². The van der Waals surface area contributed by atoms with E-state index in [0.29, 0.717) is 31.3 Å². The molecular weight excluding hydrogens is 316 g/mol. The van der Waals surface area contributed by atoms with Gasteiger partial charge in [-0.25, -0.2) is 0 Å². The lowest BCUT2D eigenvalue weighted by Gasteiger charge is -2.33. The Kier molecular flexibility index (Phi) is 4.03. The van der Waals surface area contributed by atoms with Gasteiger partial charge in [-0.2, -0.15) is 0 Å². The lowest BCUT2D eigenvalue weighted by atomic mass is 9.93. The van der Waals surface area contributed by atoms with Gasteiger partial charge in [-0.05, 0) is 29.7 Å². The van der Waals surface area contributed by atoms with E-state index in [-0.39, 0.29) is 11.9 Å². The third-order valence-corrected chi connectivity index (χ3v) is 4.50. The average Bonchev–Trinajstić information content (AvgIpc) is 3.10. The van der Waals surface area contributed by atoms with Gasteiger partial charge in [0.15, 0.2) is 0 Å². The fourth-order valence-corrected chi connectivity index (χ4v) is 3.21. The van der Waals surface area contributed by atoms with Crippen molar-refractivity contribution < 1.29 is 9.21 Å². The van der Waals surface area contributed by atoms with Crippen molar-refractivity contribution in [3.05, 3.63) is 71.6 Å². The van der Waals surface area contributed by atoms with Crippen molar-refractivity contribution in [2.75, 3.05) is 0 Å². The first-order chi connectivity index (χ1) is 12.2. The van der Waals surface area contributed by atoms with E-state index in [1.54, 1.807) is 0 Å². The van der Waals surface area contributed by atoms with Crippen molar-refractivity contribution in [3.63, 3.8) is 0 Å². The summed E-state index contributed by atoms with van der Waals surface area (Å²) in [6.07, 6.45) is 0.602. The summed E-state index contributed by atoms with van der Waals surface area (Å²) in [5, 5.41) is 8.23. The second-order valence-electron chi connectivity index (χ2n) is 6.16. The number of nitrogens with zero attached hydrogens (tertiary/aromatic N) is 3. The monoisotopic (exact) mass is 334 g/mol. The molecule has 1 aliphatic heterocycles. The topological polar surface area (TPSA) is 85.3 Å². The molecule has 25 heavy (non-hydrogen) atoms. The highest BCUT2D eigenvalue weighted by Gasteiger charge is 2.31. The maximum atomic E-state index is 11.9. The molecule has 6 heteroatoms. The molecule has 2 aromatic carbocycles. The van der Waals surface area contributed by atoms with Gasteiger partial charge in [0.1, 0.15) is 0 Å². The van der Waals surface area contributed by atoms with Gasteiger partial charge in [0.25, 0.3) is 0 Å². The molecule has 1 aromatic heterocycles. The van der Waals surface area contributed by atoms with Crippen LogP contribution in [0.3, 0.4) is 0 Å². The number of benzene rings is 2. The van der Waals surface area contributed by atoms with Gasteiger partial charge in [0, 0.05) is 12.1 Å². The molecule has 0 radical (unpaired) electrons. The molecule has 126 valence electrons. The predicted octanol–water partition coefficient (Wildman–Crippen LogP) is 2.15. The van der Waals surface area contributed by atoms with E-state index in [1.807, 2.05) is 53.4 Å². The first kappa shape index (κ1) is 15.5. The van der Waals surface area contributed by atoms with Crippen molar-refractivity contribution in [1.29, 1.82) is 0 Å². The molecule has 0 aliphatic carbocycles. The number of fused-ring (bicyclic) bond motifs is 1. The molecule has 0 saturated carbocycles. The first-order valence-electron chi connectivity index (χ1n) is 8.18. The Morgan fingerprint density at radius 3 is 2.56 bits per heavy atom. The fraction of sp³-hybridized carbons (Fsp3) is 0.211. The minimum atomic E-state index is -0.373. The quantitative estimate of drug-likeness (QED) is 0.790. The van der Waals surface area contributed by atoms with E-state index < -0.39 is 0 Å². The van der Waals surface area contributed by atoms with Gasteiger partial charge in [-0.15, -0.1) is 10.2 Å². The van der Waals surface area contributed by atoms with Crippen LogP contribution in [0.4, 0.5) is 0 Å². The van der Waals surface area contributed by atoms with Crippen LogP contribution >= 0.6 is 0 Å². The zero-order valence-electron chi connectivity index (χ0n) is 13.6. The summed E-state index contributed by atoms with van der Waals surface area (Å²) in [6.45, 7) is 1.02. The summed E-state index contributed by atoms with van der Waals surface area (Å²) in [6, 6.07) is 17.3. The summed E-state index contributed by atoms with van der Waals surface area (Å²) in [7, 11) is 0. The van der Waals surface area contributed by atoms with Crippen LogP contribution < -0.4 is 5.73 Å². The van der Waals surface area contributed by atoms with E-state index >= 15 is 0 Å². The van der Waals surface area contributed by atoms with E-state index in [9.17, 15) is 4.79 Å². The highest BCUT2D eigenvalue weighted by molar-refractivity contribution is 5.80. The van der Waals surface area contributed by atoms with E-state index in [4.69, 9.17) is 10.2 Å². The number of rotatable bonds is 4. The Morgan fingerprint density at radius 2 is 1.80 bits per heavy atom. The first-order valence-corrected chi connectivity index (χ1v) is 8.18. The SMILES string of the molecule is NC(=O)[C@@H]1Cc2ccccc2CN1Cc1nnc(-c2ccccc2)o1. The minimum absolute atomic E-state index is 0.336. The zero-order valence-corrected chi connectivity index (χ0v) is 13.6. The lowest BCUT2D eigenvalue weighted by molar-refractivity contribution is -0.124. The van der Waals surface area contributed by atoms with Crippen LogP contribution in [-0.2, 0) is 24.3 Å². The Bertz CT molecular complexity index is 891. The Morgan fingerprint density at radius 1 is 1.08 bits per heavy atom. The molecule has 1 atom stereocenters. The number of amides is 1. The smallest absolute Gasteiger partial charge is 0.247 e. The molecule has 2 heterocycles. The van der Waals surface area contributed by atoms with Crippen LogP contribution in [0, 0.1) is 0 Å². The molecule has 2 N–H and O–H groups in total. The minimum Gasteiger partial charge on any atom is -0.419 e. The van der Waals surface area contributed by atoms with Crippen LogP contribution in [0.1, 0.15) is 17.0 Å². The van der Waals surface area contributed by atoms with E-state index in [0.717, 1.165) is 11.1 Å². The van der Waals surface area contributed by atoms with Crippen molar-refractivity contribution in [1.82, 2.24) is 15.1 Å². The van der Waals surface area contributed by atoms with Crippen LogP contribution in [0.2, 0.25) is 0 Å². The number of nitrogens with two attached hydrogens (primary N) is 1. The lowest BCUT2D eigenvalue weighted by Crippen LogP contribution is -2.48. The van der Waals surface area contributed by atoms with Gasteiger partial charge in [0.2, 0.25) is 17.7 Å². The second kappa shape index (κ2) is 6.49. The van der Waals surface area contributed by atoms with Crippen LogP contribution in [0.25, 0.3) is 11.5 Å². The molecule has 1 amide bonds. The molecule has 6 nitrogen and oxygen atoms in total. The normalized spacial score (nSPS) is 17.2. The van der Waals surface area contributed by atoms with Gasteiger partial charge in [-0.1, -0.05) is 42.5 Å². The number of aromatic nitrogens is 2. The molecule has 1 aliphatic rings. The third kappa shape index (κ3) is 3.16. The molecule has 0 spiro atoms. The van der Waals surface area contributed by atoms with Crippen molar-refractivity contribution >= 4 is 5.91 Å². The second-order valence-corrected chi connectivity index (χ2v) is 6.16. The number of hydrogen-bond donors (Lipinski definition) is 1. The average molecular weight is 334 g/mol. The van der Waals surface area contributed by atoms with Crippen LogP contribution in [0.5, 0.6) is 0 Å². The Balaban J connectivity index is 1.57. The molecule has 0 bridgehead atoms. The predicted molar refractivity (Wildman–Crippen MR) is 92.1 cm³/mol. The Labute approximate surface area is 145 Å². The molecule has 0 unspecified atom stereocenters. The number of primary amides is 1. The van der Waals surface area contributed by atoms with E-state index in [2.05, 4.69) is 16.3 Å². The van der Waals surface area contributed by atoms with Crippen molar-refractivity contribution in [2.24, 2.45) is 5.73 Å². The maximum absolute atomic E-state index is 11.9. The van der Waals surface area contributed by atoms with Crippen LogP contribution in [0.15, 0.2) is 59.0 Å². The van der Waals surface area contributed by atoms with Gasteiger partial charge in [0.05, 0.1) is 12.6 Å². The number of carbonyl (C=O) groups excluding carboxylic acids is 1. The summed E-state index contributed by atoms with van der Waals surface area (Å²) >= 11 is 0. The number of hydrogen-bond acceptors (Lipinski definition) is 5. The molecule has 0 saturated heterocycles. The highest BCUT2D eigenvalue weighted by Crippen LogP contribution is 2.25. The maximum Gasteiger partial charge on any atom is 0.247 e. The largest absolute Gasteiger partial charge is 0.419 e. The van der Waals surface area contributed by atoms with Crippen molar-refractivity contribution in [2.45, 2.75) is 25.6 Å². The van der Waals surface area contributed by atoms with Gasteiger partial charge >= 0.3 is 0 Å². The third-order valence-electron chi connectivity index (χ3n) is 4.50. The summed E-state index contributed by atoms with van der Waals surface area (Å²) in [4.78, 5) is 13.9. The standard InChI is InChI=1S/C19H18N4O2/c20-18(24)16-10-14-8-4-5-9-15(14)11-23(16)12-17-21-22-19(25-17)13-6-2-1-3-7-13/h1-9,16H,10-12H2,(H2,20,24)/t16-/m0/s1. The van der Waals surface area contributed by atoms with Crippen molar-refractivity contribution in [3.8, 4) is 11.5 Å². The molecule has 0 fully saturated rings. The Hall–Kier alpha value is -2.99. The van der Waals surface area contributed by atoms with Crippen LogP contribution in [-0.4, -0.2) is 27.0 Å². The summed E-state index contributed by atoms with van der Waals surface area (Å²) in [5.74, 6) is 0.616. The summed E-state index contributed by atoms with van der Waals surface area (Å²) < 4.78 is 5.77. The molecule has 3 aromatic rings. The zero-order chi connectivity index (χ0) is 17.2. The van der Waals surface area contributed by atoms with E-state index in [1.165, 1.54) is 5.56 Å². The molecular formula is C19H18N4O2. The highest BCUT2D eigenvalue weighted by atomic mass is 16.4. The van der Waals surface area contributed by atoms with Gasteiger partial charge in [-0.3, -0.25) is 9.69 Å². The fourth-order valence-electron chi connectivity index (χ4n) is 3.21. The summed E-state index contributed by atoms with van der Waals surface area (Å²) in [5.41, 5.74) is 8.85. The molecule has 4 rings (SSSR count). The number of carbonyl (C=O) groups is 1.